The molecule has 3 nitrogen and oxygen atoms in total. The zero-order chi connectivity index (χ0) is 18.9. The minimum Gasteiger partial charge on any atom is -0.345 e. The molecule has 0 aliphatic heterocycles. The van der Waals surface area contributed by atoms with Gasteiger partial charge in [-0.15, -0.1) is 0 Å². The predicted molar refractivity (Wildman–Crippen MR) is 108 cm³/mol. The Morgan fingerprint density at radius 3 is 2.35 bits per heavy atom. The van der Waals surface area contributed by atoms with E-state index in [0.717, 1.165) is 22.0 Å². The van der Waals surface area contributed by atoms with Gasteiger partial charge in [0.15, 0.2) is 0 Å². The fraction of sp³-hybridized carbons (Fsp3) is 0.304. The van der Waals surface area contributed by atoms with E-state index in [-0.39, 0.29) is 17.4 Å². The van der Waals surface area contributed by atoms with Crippen LogP contribution in [0.15, 0.2) is 54.7 Å². The topological polar surface area (TPSA) is 42.0 Å². The Kier molecular flexibility index (Phi) is 4.82. The number of rotatable bonds is 3. The highest BCUT2D eigenvalue weighted by molar-refractivity contribution is 5.98. The number of benzene rings is 2. The van der Waals surface area contributed by atoms with E-state index in [9.17, 15) is 4.79 Å². The summed E-state index contributed by atoms with van der Waals surface area (Å²) in [6.07, 6.45) is 1.81. The number of hydrogen-bond donors (Lipinski definition) is 1. The molecule has 0 saturated carbocycles. The van der Waals surface area contributed by atoms with Crippen molar-refractivity contribution in [2.45, 2.75) is 46.1 Å². The molecule has 0 radical (unpaired) electrons. The third-order valence-electron chi connectivity index (χ3n) is 4.75. The van der Waals surface area contributed by atoms with E-state index in [2.05, 4.69) is 49.3 Å². The summed E-state index contributed by atoms with van der Waals surface area (Å²) in [4.78, 5) is 16.9. The van der Waals surface area contributed by atoms with Crippen molar-refractivity contribution < 1.29 is 4.79 Å². The maximum Gasteiger partial charge on any atom is 0.251 e. The standard InChI is InChI=1S/C23H26N2O/c1-15-6-7-20(14-24-15)16(2)25-22(26)19-9-8-18-13-21(23(3,4)5)11-10-17(18)12-19/h6-14,16H,1-5H3,(H,25,26)/t16-/m1/s1. The van der Waals surface area contributed by atoms with E-state index < -0.39 is 0 Å². The van der Waals surface area contributed by atoms with Gasteiger partial charge in [-0.25, -0.2) is 0 Å². The summed E-state index contributed by atoms with van der Waals surface area (Å²) in [5.41, 5.74) is 4.05. The summed E-state index contributed by atoms with van der Waals surface area (Å²) in [6.45, 7) is 10.5. The first-order chi connectivity index (χ1) is 12.2. The van der Waals surface area contributed by atoms with Crippen LogP contribution < -0.4 is 5.32 Å². The maximum absolute atomic E-state index is 12.6. The predicted octanol–water partition coefficient (Wildman–Crippen LogP) is 5.33. The summed E-state index contributed by atoms with van der Waals surface area (Å²) in [6, 6.07) is 16.2. The van der Waals surface area contributed by atoms with Crippen LogP contribution >= 0.6 is 0 Å². The van der Waals surface area contributed by atoms with Crippen LogP contribution in [-0.4, -0.2) is 10.9 Å². The summed E-state index contributed by atoms with van der Waals surface area (Å²) in [5, 5.41) is 5.29. The molecule has 134 valence electrons. The Labute approximate surface area is 155 Å². The normalized spacial score (nSPS) is 12.8. The third kappa shape index (κ3) is 3.93. The molecule has 26 heavy (non-hydrogen) atoms. The molecule has 1 atom stereocenters. The number of nitrogens with zero attached hydrogens (tertiary/aromatic N) is 1. The van der Waals surface area contributed by atoms with E-state index in [1.807, 2.05) is 50.4 Å². The van der Waals surface area contributed by atoms with Crippen LogP contribution in [-0.2, 0) is 5.41 Å². The summed E-state index contributed by atoms with van der Waals surface area (Å²) in [5.74, 6) is -0.0696. The fourth-order valence-corrected chi connectivity index (χ4v) is 2.95. The van der Waals surface area contributed by atoms with Gasteiger partial charge in [-0.3, -0.25) is 9.78 Å². The second-order valence-electron chi connectivity index (χ2n) is 7.95. The highest BCUT2D eigenvalue weighted by atomic mass is 16.1. The van der Waals surface area contributed by atoms with Gasteiger partial charge in [0.25, 0.3) is 5.91 Å². The molecule has 1 aromatic heterocycles. The van der Waals surface area contributed by atoms with Gasteiger partial charge in [0, 0.05) is 17.5 Å². The van der Waals surface area contributed by atoms with Crippen molar-refractivity contribution in [1.29, 1.82) is 0 Å². The number of nitrogens with one attached hydrogen (secondary N) is 1. The van der Waals surface area contributed by atoms with Crippen molar-refractivity contribution in [2.24, 2.45) is 0 Å². The molecule has 0 bridgehead atoms. The fourth-order valence-electron chi connectivity index (χ4n) is 2.95. The van der Waals surface area contributed by atoms with E-state index in [1.54, 1.807) is 0 Å². The molecule has 3 aromatic rings. The number of aromatic nitrogens is 1. The van der Waals surface area contributed by atoms with Crippen molar-refractivity contribution in [3.05, 3.63) is 77.1 Å². The zero-order valence-corrected chi connectivity index (χ0v) is 16.1. The molecule has 1 heterocycles. The lowest BCUT2D eigenvalue weighted by molar-refractivity contribution is 0.0940. The first-order valence-electron chi connectivity index (χ1n) is 9.02. The molecular weight excluding hydrogens is 320 g/mol. The molecule has 0 saturated heterocycles. The molecule has 0 spiro atoms. The summed E-state index contributed by atoms with van der Waals surface area (Å²) in [7, 11) is 0. The zero-order valence-electron chi connectivity index (χ0n) is 16.1. The van der Waals surface area contributed by atoms with Crippen LogP contribution in [0.1, 0.15) is 60.9 Å². The lowest BCUT2D eigenvalue weighted by Crippen LogP contribution is -2.26. The average Bonchev–Trinajstić information content (AvgIpc) is 2.60. The minimum atomic E-state index is -0.0884. The average molecular weight is 346 g/mol. The van der Waals surface area contributed by atoms with E-state index in [4.69, 9.17) is 0 Å². The SMILES string of the molecule is Cc1ccc([C@@H](C)NC(=O)c2ccc3cc(C(C)(C)C)ccc3c2)cn1. The molecule has 1 N–H and O–H groups in total. The molecule has 2 aromatic carbocycles. The van der Waals surface area contributed by atoms with Gasteiger partial charge in [0.1, 0.15) is 0 Å². The van der Waals surface area contributed by atoms with Gasteiger partial charge in [-0.1, -0.05) is 51.1 Å². The monoisotopic (exact) mass is 346 g/mol. The van der Waals surface area contributed by atoms with Gasteiger partial charge < -0.3 is 5.32 Å². The number of carbonyl (C=O) groups excluding carboxylic acids is 1. The molecule has 1 amide bonds. The van der Waals surface area contributed by atoms with Gasteiger partial charge in [0.2, 0.25) is 0 Å². The van der Waals surface area contributed by atoms with Crippen LogP contribution in [0.5, 0.6) is 0 Å². The lowest BCUT2D eigenvalue weighted by Gasteiger charge is -2.19. The van der Waals surface area contributed by atoms with Gasteiger partial charge >= 0.3 is 0 Å². The number of pyridine rings is 1. The minimum absolute atomic E-state index is 0.0696. The number of carbonyl (C=O) groups is 1. The van der Waals surface area contributed by atoms with E-state index in [0.29, 0.717) is 5.56 Å². The van der Waals surface area contributed by atoms with Crippen LogP contribution in [0.25, 0.3) is 10.8 Å². The number of fused-ring (bicyclic) bond motifs is 1. The maximum atomic E-state index is 12.6. The Morgan fingerprint density at radius 2 is 1.69 bits per heavy atom. The molecule has 0 aliphatic carbocycles. The number of amides is 1. The molecule has 3 heteroatoms. The summed E-state index contributed by atoms with van der Waals surface area (Å²) >= 11 is 0. The summed E-state index contributed by atoms with van der Waals surface area (Å²) < 4.78 is 0. The van der Waals surface area contributed by atoms with Crippen LogP contribution in [0.4, 0.5) is 0 Å². The Balaban J connectivity index is 1.81. The largest absolute Gasteiger partial charge is 0.345 e. The molecule has 3 rings (SSSR count). The van der Waals surface area contributed by atoms with Crippen molar-refractivity contribution in [3.8, 4) is 0 Å². The molecule has 0 aliphatic rings. The highest BCUT2D eigenvalue weighted by Crippen LogP contribution is 2.26. The second-order valence-corrected chi connectivity index (χ2v) is 7.95. The second kappa shape index (κ2) is 6.91. The Morgan fingerprint density at radius 1 is 1.00 bits per heavy atom. The quantitative estimate of drug-likeness (QED) is 0.696. The number of hydrogen-bond acceptors (Lipinski definition) is 2. The number of aryl methyl sites for hydroxylation is 1. The van der Waals surface area contributed by atoms with Crippen molar-refractivity contribution in [2.75, 3.05) is 0 Å². The van der Waals surface area contributed by atoms with Gasteiger partial charge in [-0.05, 0) is 59.4 Å². The first-order valence-corrected chi connectivity index (χ1v) is 9.02. The van der Waals surface area contributed by atoms with E-state index >= 15 is 0 Å². The van der Waals surface area contributed by atoms with Crippen LogP contribution in [0.2, 0.25) is 0 Å². The van der Waals surface area contributed by atoms with Crippen LogP contribution in [0.3, 0.4) is 0 Å². The first kappa shape index (κ1) is 18.1. The molecule has 0 unspecified atom stereocenters. The third-order valence-corrected chi connectivity index (χ3v) is 4.75. The lowest BCUT2D eigenvalue weighted by atomic mass is 9.86. The van der Waals surface area contributed by atoms with E-state index in [1.165, 1.54) is 5.56 Å². The smallest absolute Gasteiger partial charge is 0.251 e. The van der Waals surface area contributed by atoms with Crippen LogP contribution in [0, 0.1) is 6.92 Å². The van der Waals surface area contributed by atoms with Crippen molar-refractivity contribution >= 4 is 16.7 Å². The Hall–Kier alpha value is -2.68. The van der Waals surface area contributed by atoms with Gasteiger partial charge in [0.05, 0.1) is 6.04 Å². The molecule has 0 fully saturated rings. The van der Waals surface area contributed by atoms with Crippen molar-refractivity contribution in [1.82, 2.24) is 10.3 Å². The van der Waals surface area contributed by atoms with Gasteiger partial charge in [-0.2, -0.15) is 0 Å². The molecular formula is C23H26N2O. The Bertz CT molecular complexity index is 937. The highest BCUT2D eigenvalue weighted by Gasteiger charge is 2.15. The van der Waals surface area contributed by atoms with Crippen molar-refractivity contribution in [3.63, 3.8) is 0 Å².